The Bertz CT molecular complexity index is 1080. The van der Waals surface area contributed by atoms with Gasteiger partial charge in [0, 0.05) is 36.4 Å². The Morgan fingerprint density at radius 1 is 1.11 bits per heavy atom. The Morgan fingerprint density at radius 2 is 1.96 bits per heavy atom. The molecule has 0 aliphatic heterocycles. The summed E-state index contributed by atoms with van der Waals surface area (Å²) in [6, 6.07) is 9.94. The quantitative estimate of drug-likeness (QED) is 0.461. The first-order valence-electron chi connectivity index (χ1n) is 8.99. The molecule has 3 aromatic heterocycles. The molecule has 7 nitrogen and oxygen atoms in total. The van der Waals surface area contributed by atoms with E-state index in [4.69, 9.17) is 15.2 Å². The van der Waals surface area contributed by atoms with Gasteiger partial charge in [0.1, 0.15) is 23.7 Å². The number of methoxy groups -OCH3 is 1. The van der Waals surface area contributed by atoms with Crippen LogP contribution in [0.3, 0.4) is 0 Å². The van der Waals surface area contributed by atoms with Gasteiger partial charge in [-0.15, -0.1) is 21.5 Å². The highest BCUT2D eigenvalue weighted by Gasteiger charge is 2.17. The van der Waals surface area contributed by atoms with Crippen LogP contribution in [0.1, 0.15) is 0 Å². The van der Waals surface area contributed by atoms with E-state index in [1.165, 1.54) is 0 Å². The number of ether oxygens (including phenoxy) is 2. The van der Waals surface area contributed by atoms with Gasteiger partial charge in [-0.3, -0.25) is 4.68 Å². The number of nitrogens with two attached hydrogens (primary N) is 1. The van der Waals surface area contributed by atoms with Crippen molar-refractivity contribution >= 4 is 21.4 Å². The minimum atomic E-state index is 0.479. The summed E-state index contributed by atoms with van der Waals surface area (Å²) in [5, 5.41) is 16.5. The molecular formula is C20H21N5O2S. The second kappa shape index (κ2) is 8.47. The van der Waals surface area contributed by atoms with Crippen LogP contribution in [0.5, 0.6) is 5.75 Å². The van der Waals surface area contributed by atoms with E-state index < -0.39 is 0 Å². The van der Waals surface area contributed by atoms with E-state index in [9.17, 15) is 0 Å². The fourth-order valence-corrected chi connectivity index (χ4v) is 3.93. The number of fused-ring (bicyclic) bond motifs is 1. The molecule has 2 N–H and O–H groups in total. The molecular weight excluding hydrogens is 374 g/mol. The molecule has 0 saturated carbocycles. The topological polar surface area (TPSA) is 88.1 Å². The largest absolute Gasteiger partial charge is 0.490 e. The fourth-order valence-electron chi connectivity index (χ4n) is 3.03. The number of rotatable bonds is 8. The van der Waals surface area contributed by atoms with Crippen LogP contribution in [0.15, 0.2) is 48.1 Å². The number of hydrogen-bond acceptors (Lipinski definition) is 7. The molecule has 0 fully saturated rings. The van der Waals surface area contributed by atoms with Crippen molar-refractivity contribution in [2.24, 2.45) is 5.73 Å². The van der Waals surface area contributed by atoms with Gasteiger partial charge in [0.05, 0.1) is 24.0 Å². The minimum absolute atomic E-state index is 0.479. The lowest BCUT2D eigenvalue weighted by molar-refractivity contribution is 0.146. The maximum absolute atomic E-state index is 5.89. The summed E-state index contributed by atoms with van der Waals surface area (Å²) in [7, 11) is 1.66. The Hall–Kier alpha value is -2.81. The predicted molar refractivity (Wildman–Crippen MR) is 110 cm³/mol. The molecule has 1 aromatic carbocycles. The van der Waals surface area contributed by atoms with Crippen LogP contribution in [0.2, 0.25) is 0 Å². The van der Waals surface area contributed by atoms with Crippen molar-refractivity contribution in [2.45, 2.75) is 6.54 Å². The molecule has 0 aliphatic rings. The van der Waals surface area contributed by atoms with Crippen LogP contribution in [-0.2, 0) is 11.3 Å². The lowest BCUT2D eigenvalue weighted by atomic mass is 10.1. The van der Waals surface area contributed by atoms with Gasteiger partial charge in [0.25, 0.3) is 0 Å². The van der Waals surface area contributed by atoms with E-state index in [1.54, 1.807) is 24.6 Å². The molecule has 28 heavy (non-hydrogen) atoms. The number of hydrogen-bond donors (Lipinski definition) is 1. The maximum Gasteiger partial charge on any atom is 0.128 e. The molecule has 0 unspecified atom stereocenters. The Labute approximate surface area is 166 Å². The summed E-state index contributed by atoms with van der Waals surface area (Å²) in [5.74, 6) is 0.770. The second-order valence-electron chi connectivity index (χ2n) is 6.18. The highest BCUT2D eigenvalue weighted by atomic mass is 32.1. The van der Waals surface area contributed by atoms with E-state index in [0.29, 0.717) is 26.3 Å². The first-order chi connectivity index (χ1) is 13.8. The highest BCUT2D eigenvalue weighted by Crippen LogP contribution is 2.38. The van der Waals surface area contributed by atoms with Crippen LogP contribution in [0, 0.1) is 0 Å². The molecule has 0 aliphatic carbocycles. The summed E-state index contributed by atoms with van der Waals surface area (Å²) in [6.07, 6.45) is 3.76. The average molecular weight is 395 g/mol. The van der Waals surface area contributed by atoms with Crippen LogP contribution in [0.4, 0.5) is 0 Å². The zero-order valence-electron chi connectivity index (χ0n) is 15.5. The third-order valence-corrected chi connectivity index (χ3v) is 5.26. The Kier molecular flexibility index (Phi) is 5.61. The van der Waals surface area contributed by atoms with E-state index in [2.05, 4.69) is 26.7 Å². The van der Waals surface area contributed by atoms with Gasteiger partial charge >= 0.3 is 0 Å². The summed E-state index contributed by atoms with van der Waals surface area (Å²) in [5.41, 5.74) is 9.11. The van der Waals surface area contributed by atoms with Gasteiger partial charge in [-0.05, 0) is 23.6 Å². The zero-order chi connectivity index (χ0) is 19.3. The molecule has 0 bridgehead atoms. The van der Waals surface area contributed by atoms with E-state index in [0.717, 1.165) is 38.4 Å². The molecule has 0 amide bonds. The van der Waals surface area contributed by atoms with Gasteiger partial charge in [-0.25, -0.2) is 0 Å². The molecule has 0 saturated heterocycles. The van der Waals surface area contributed by atoms with Crippen LogP contribution < -0.4 is 10.5 Å². The second-order valence-corrected chi connectivity index (χ2v) is 7.09. The number of aromatic nitrogens is 4. The van der Waals surface area contributed by atoms with Gasteiger partial charge in [0.2, 0.25) is 0 Å². The van der Waals surface area contributed by atoms with Crippen molar-refractivity contribution in [1.29, 1.82) is 0 Å². The van der Waals surface area contributed by atoms with Crippen LogP contribution in [0.25, 0.3) is 32.6 Å². The third kappa shape index (κ3) is 3.62. The van der Waals surface area contributed by atoms with Crippen molar-refractivity contribution in [2.75, 3.05) is 26.9 Å². The molecule has 144 valence electrons. The third-order valence-electron chi connectivity index (χ3n) is 4.34. The lowest BCUT2D eigenvalue weighted by Gasteiger charge is -2.11. The summed E-state index contributed by atoms with van der Waals surface area (Å²) in [4.78, 5) is 0. The normalized spacial score (nSPS) is 11.2. The highest BCUT2D eigenvalue weighted by molar-refractivity contribution is 7.17. The first-order valence-corrected chi connectivity index (χ1v) is 9.87. The van der Waals surface area contributed by atoms with Crippen molar-refractivity contribution in [3.63, 3.8) is 0 Å². The van der Waals surface area contributed by atoms with Gasteiger partial charge in [-0.2, -0.15) is 5.10 Å². The Morgan fingerprint density at radius 3 is 2.82 bits per heavy atom. The number of nitrogens with zero attached hydrogens (tertiary/aromatic N) is 4. The number of benzene rings is 1. The Balaban J connectivity index is 1.76. The van der Waals surface area contributed by atoms with Crippen LogP contribution >= 0.6 is 11.3 Å². The van der Waals surface area contributed by atoms with Crippen molar-refractivity contribution < 1.29 is 9.47 Å². The lowest BCUT2D eigenvalue weighted by Crippen LogP contribution is -2.09. The average Bonchev–Trinajstić information content (AvgIpc) is 3.38. The molecule has 0 spiro atoms. The maximum atomic E-state index is 5.89. The van der Waals surface area contributed by atoms with E-state index >= 15 is 0 Å². The monoisotopic (exact) mass is 395 g/mol. The van der Waals surface area contributed by atoms with Crippen molar-refractivity contribution in [3.05, 3.63) is 48.1 Å². The van der Waals surface area contributed by atoms with E-state index in [1.807, 2.05) is 35.1 Å². The van der Waals surface area contributed by atoms with Crippen molar-refractivity contribution in [1.82, 2.24) is 20.0 Å². The molecule has 4 aromatic rings. The van der Waals surface area contributed by atoms with Crippen molar-refractivity contribution in [3.8, 4) is 28.3 Å². The molecule has 3 heterocycles. The summed E-state index contributed by atoms with van der Waals surface area (Å²) in [6.45, 7) is 2.22. The minimum Gasteiger partial charge on any atom is -0.490 e. The van der Waals surface area contributed by atoms with Gasteiger partial charge in [-0.1, -0.05) is 12.1 Å². The molecule has 0 radical (unpaired) electrons. The predicted octanol–water partition coefficient (Wildman–Crippen LogP) is 3.21. The summed E-state index contributed by atoms with van der Waals surface area (Å²) >= 11 is 1.64. The smallest absolute Gasteiger partial charge is 0.128 e. The standard InChI is InChI=1S/C20H21N5O2S/c1-26-9-10-27-17-5-3-2-4-15(17)19-20-16(6-11-28-20)18(23-24-19)14-12-22-25(13-14)8-7-21/h2-6,11-13H,7-10,21H2,1H3. The zero-order valence-corrected chi connectivity index (χ0v) is 16.4. The molecule has 0 atom stereocenters. The summed E-state index contributed by atoms with van der Waals surface area (Å²) < 4.78 is 13.9. The molecule has 8 heteroatoms. The first kappa shape index (κ1) is 18.5. The SMILES string of the molecule is COCCOc1ccccc1-c1nnc(-c2cnn(CCN)c2)c2ccsc12. The fraction of sp³-hybridized carbons (Fsp3) is 0.250. The number of thiophene rings is 1. The van der Waals surface area contributed by atoms with E-state index in [-0.39, 0.29) is 0 Å². The molecule has 4 rings (SSSR count). The van der Waals surface area contributed by atoms with Gasteiger partial charge in [0.15, 0.2) is 0 Å². The van der Waals surface area contributed by atoms with Gasteiger partial charge < -0.3 is 15.2 Å². The van der Waals surface area contributed by atoms with Crippen LogP contribution in [-0.4, -0.2) is 46.8 Å². The number of para-hydroxylation sites is 1.